The average molecular weight is 309 g/mol. The summed E-state index contributed by atoms with van der Waals surface area (Å²) >= 11 is 1.32. The van der Waals surface area contributed by atoms with Crippen LogP contribution in [0.3, 0.4) is 0 Å². The molecule has 0 bridgehead atoms. The Labute approximate surface area is 124 Å². The molecule has 0 saturated heterocycles. The van der Waals surface area contributed by atoms with Crippen LogP contribution >= 0.6 is 11.3 Å². The second-order valence-electron chi connectivity index (χ2n) is 5.14. The molecule has 1 aliphatic carbocycles. The fourth-order valence-corrected chi connectivity index (χ4v) is 3.57. The monoisotopic (exact) mass is 309 g/mol. The number of imidazole rings is 1. The maximum Gasteiger partial charge on any atom is 0.372 e. The molecule has 0 aromatic carbocycles. The zero-order valence-electron chi connectivity index (χ0n) is 11.2. The molecule has 3 rings (SSSR count). The van der Waals surface area contributed by atoms with Crippen LogP contribution in [-0.4, -0.2) is 26.3 Å². The number of rotatable bonds is 4. The van der Waals surface area contributed by atoms with E-state index in [0.29, 0.717) is 11.4 Å². The van der Waals surface area contributed by atoms with E-state index in [1.54, 1.807) is 11.6 Å². The van der Waals surface area contributed by atoms with Crippen LogP contribution in [0.25, 0.3) is 4.96 Å². The number of primary amides is 1. The molecule has 0 aliphatic heterocycles. The molecule has 8 nitrogen and oxygen atoms in total. The van der Waals surface area contributed by atoms with Crippen molar-refractivity contribution in [2.75, 3.05) is 5.32 Å². The quantitative estimate of drug-likeness (QED) is 0.659. The first-order valence-corrected chi connectivity index (χ1v) is 7.61. The highest BCUT2D eigenvalue weighted by Gasteiger charge is 2.33. The molecule has 2 unspecified atom stereocenters. The standard InChI is InChI=1S/C12H15N5O3S/c13-9(18)7-3-1-2-4-8(7)14-10-11(17(19)20)16-5-6-21-12(16)15-10/h5-8,14H,1-4H2,(H2,13,18). The minimum Gasteiger partial charge on any atom is -0.369 e. The predicted octanol–water partition coefficient (Wildman–Crippen LogP) is 1.76. The van der Waals surface area contributed by atoms with Gasteiger partial charge >= 0.3 is 5.82 Å². The van der Waals surface area contributed by atoms with E-state index in [1.807, 2.05) is 0 Å². The highest BCUT2D eigenvalue weighted by Crippen LogP contribution is 2.32. The van der Waals surface area contributed by atoms with Gasteiger partial charge in [-0.1, -0.05) is 24.2 Å². The number of carbonyl (C=O) groups is 1. The number of nitrogens with one attached hydrogen (secondary N) is 1. The van der Waals surface area contributed by atoms with Crippen molar-refractivity contribution in [2.24, 2.45) is 11.7 Å². The third kappa shape index (κ3) is 2.44. The van der Waals surface area contributed by atoms with Gasteiger partial charge in [0, 0.05) is 11.4 Å². The Morgan fingerprint density at radius 1 is 1.52 bits per heavy atom. The molecule has 2 aromatic heterocycles. The summed E-state index contributed by atoms with van der Waals surface area (Å²) in [7, 11) is 0. The van der Waals surface area contributed by atoms with E-state index in [2.05, 4.69) is 10.3 Å². The van der Waals surface area contributed by atoms with Crippen molar-refractivity contribution in [1.82, 2.24) is 9.38 Å². The highest BCUT2D eigenvalue weighted by molar-refractivity contribution is 7.15. The first-order valence-electron chi connectivity index (χ1n) is 6.73. The number of aromatic nitrogens is 2. The lowest BCUT2D eigenvalue weighted by Gasteiger charge is -2.29. The van der Waals surface area contributed by atoms with Crippen LogP contribution in [0, 0.1) is 16.0 Å². The maximum atomic E-state index is 11.5. The summed E-state index contributed by atoms with van der Waals surface area (Å²) in [4.78, 5) is 27.1. The fraction of sp³-hybridized carbons (Fsp3) is 0.500. The Bertz CT molecular complexity index is 694. The lowest BCUT2D eigenvalue weighted by molar-refractivity contribution is -0.389. The van der Waals surface area contributed by atoms with Gasteiger partial charge in [0.1, 0.15) is 6.20 Å². The summed E-state index contributed by atoms with van der Waals surface area (Å²) in [5.74, 6) is -0.556. The number of hydrogen-bond donors (Lipinski definition) is 2. The molecule has 2 aromatic rings. The molecule has 21 heavy (non-hydrogen) atoms. The molecular weight excluding hydrogens is 294 g/mol. The molecule has 1 amide bonds. The number of carbonyl (C=O) groups excluding carboxylic acids is 1. The van der Waals surface area contributed by atoms with Crippen LogP contribution in [0.1, 0.15) is 25.7 Å². The topological polar surface area (TPSA) is 116 Å². The number of hydrogen-bond acceptors (Lipinski definition) is 6. The van der Waals surface area contributed by atoms with Crippen LogP contribution in [-0.2, 0) is 4.79 Å². The van der Waals surface area contributed by atoms with Crippen molar-refractivity contribution in [3.8, 4) is 0 Å². The minimum atomic E-state index is -0.461. The zero-order valence-corrected chi connectivity index (χ0v) is 12.0. The highest BCUT2D eigenvalue weighted by atomic mass is 32.1. The number of fused-ring (bicyclic) bond motifs is 1. The van der Waals surface area contributed by atoms with Crippen molar-refractivity contribution in [3.05, 3.63) is 21.7 Å². The SMILES string of the molecule is NC(=O)C1CCCCC1Nc1nc2sccn2c1[N+](=O)[O-]. The predicted molar refractivity (Wildman–Crippen MR) is 78.3 cm³/mol. The van der Waals surface area contributed by atoms with E-state index in [0.717, 1.165) is 19.3 Å². The molecule has 2 heterocycles. The van der Waals surface area contributed by atoms with Gasteiger partial charge in [0.25, 0.3) is 4.96 Å². The first kappa shape index (κ1) is 13.8. The lowest BCUT2D eigenvalue weighted by atomic mass is 9.84. The van der Waals surface area contributed by atoms with Gasteiger partial charge in [-0.2, -0.15) is 9.38 Å². The normalized spacial score (nSPS) is 22.3. The van der Waals surface area contributed by atoms with E-state index in [4.69, 9.17) is 5.73 Å². The molecule has 112 valence electrons. The van der Waals surface area contributed by atoms with Gasteiger partial charge in [0.05, 0.1) is 5.92 Å². The van der Waals surface area contributed by atoms with E-state index < -0.39 is 4.92 Å². The van der Waals surface area contributed by atoms with Crippen molar-refractivity contribution in [3.63, 3.8) is 0 Å². The van der Waals surface area contributed by atoms with Gasteiger partial charge in [0.15, 0.2) is 0 Å². The largest absolute Gasteiger partial charge is 0.372 e. The summed E-state index contributed by atoms with van der Waals surface area (Å²) < 4.78 is 1.44. The van der Waals surface area contributed by atoms with E-state index >= 15 is 0 Å². The van der Waals surface area contributed by atoms with E-state index in [1.165, 1.54) is 15.7 Å². The van der Waals surface area contributed by atoms with Gasteiger partial charge < -0.3 is 21.2 Å². The van der Waals surface area contributed by atoms with Gasteiger partial charge in [-0.3, -0.25) is 4.79 Å². The number of nitrogens with two attached hydrogens (primary N) is 1. The molecule has 1 aliphatic rings. The summed E-state index contributed by atoms with van der Waals surface area (Å²) in [6, 6.07) is -0.195. The Morgan fingerprint density at radius 3 is 3.00 bits per heavy atom. The third-order valence-electron chi connectivity index (χ3n) is 3.86. The Balaban J connectivity index is 1.93. The van der Waals surface area contributed by atoms with Crippen molar-refractivity contribution in [2.45, 2.75) is 31.7 Å². The lowest BCUT2D eigenvalue weighted by Crippen LogP contribution is -2.40. The van der Waals surface area contributed by atoms with Gasteiger partial charge in [-0.15, -0.1) is 0 Å². The van der Waals surface area contributed by atoms with Crippen molar-refractivity contribution < 1.29 is 9.72 Å². The Morgan fingerprint density at radius 2 is 2.29 bits per heavy atom. The molecule has 0 spiro atoms. The van der Waals surface area contributed by atoms with Gasteiger partial charge in [0.2, 0.25) is 11.7 Å². The van der Waals surface area contributed by atoms with E-state index in [9.17, 15) is 14.9 Å². The Hall–Kier alpha value is -2.16. The number of thiazole rings is 1. The maximum absolute atomic E-state index is 11.5. The van der Waals surface area contributed by atoms with Crippen molar-refractivity contribution in [1.29, 1.82) is 0 Å². The first-order chi connectivity index (χ1) is 10.1. The average Bonchev–Trinajstić information content (AvgIpc) is 2.98. The molecule has 0 radical (unpaired) electrons. The number of anilines is 1. The van der Waals surface area contributed by atoms with E-state index in [-0.39, 0.29) is 29.5 Å². The fourth-order valence-electron chi connectivity index (χ4n) is 2.86. The smallest absolute Gasteiger partial charge is 0.369 e. The van der Waals surface area contributed by atoms with Crippen molar-refractivity contribution >= 4 is 33.8 Å². The van der Waals surface area contributed by atoms with Crippen LogP contribution in [0.5, 0.6) is 0 Å². The van der Waals surface area contributed by atoms with Gasteiger partial charge in [-0.25, -0.2) is 0 Å². The number of nitro groups is 1. The second kappa shape index (κ2) is 5.32. The number of amides is 1. The van der Waals surface area contributed by atoms with Crippen LogP contribution in [0.4, 0.5) is 11.6 Å². The molecule has 1 fully saturated rings. The van der Waals surface area contributed by atoms with Crippen LogP contribution in [0.15, 0.2) is 11.6 Å². The molecule has 1 saturated carbocycles. The molecule has 9 heteroatoms. The summed E-state index contributed by atoms with van der Waals surface area (Å²) in [5.41, 5.74) is 5.43. The van der Waals surface area contributed by atoms with Crippen LogP contribution in [0.2, 0.25) is 0 Å². The summed E-state index contributed by atoms with van der Waals surface area (Å²) in [5, 5.41) is 16.1. The molecule has 2 atom stereocenters. The van der Waals surface area contributed by atoms with Gasteiger partial charge in [-0.05, 0) is 17.8 Å². The summed E-state index contributed by atoms with van der Waals surface area (Å²) in [6.07, 6.45) is 5.01. The van der Waals surface area contributed by atoms with Crippen LogP contribution < -0.4 is 11.1 Å². The molecule has 3 N–H and O–H groups in total. The molecular formula is C12H15N5O3S. The minimum absolute atomic E-state index is 0.0972. The second-order valence-corrected chi connectivity index (χ2v) is 6.01. The third-order valence-corrected chi connectivity index (χ3v) is 4.62. The number of nitrogens with zero attached hydrogens (tertiary/aromatic N) is 3. The summed E-state index contributed by atoms with van der Waals surface area (Å²) in [6.45, 7) is 0. The zero-order chi connectivity index (χ0) is 15.0. The Kier molecular flexibility index (Phi) is 3.50.